The molecule has 1 aromatic carbocycles. The van der Waals surface area contributed by atoms with E-state index in [4.69, 9.17) is 4.74 Å². The molecule has 0 saturated carbocycles. The van der Waals surface area contributed by atoms with Crippen LogP contribution in [0.5, 0.6) is 5.75 Å². The molecule has 2 rings (SSSR count). The summed E-state index contributed by atoms with van der Waals surface area (Å²) in [6.07, 6.45) is 2.12. The van der Waals surface area contributed by atoms with Gasteiger partial charge in [-0.05, 0) is 49.9 Å². The maximum absolute atomic E-state index is 6.06. The van der Waals surface area contributed by atoms with Gasteiger partial charge in [-0.2, -0.15) is 0 Å². The van der Waals surface area contributed by atoms with Gasteiger partial charge >= 0.3 is 0 Å². The van der Waals surface area contributed by atoms with Crippen molar-refractivity contribution >= 4 is 11.3 Å². The number of benzene rings is 1. The average molecular weight is 303 g/mol. The first-order chi connectivity index (χ1) is 10.2. The van der Waals surface area contributed by atoms with E-state index >= 15 is 0 Å². The van der Waals surface area contributed by atoms with Crippen LogP contribution in [-0.4, -0.2) is 13.2 Å². The Morgan fingerprint density at radius 3 is 2.86 bits per heavy atom. The summed E-state index contributed by atoms with van der Waals surface area (Å²) in [5, 5.41) is 5.65. The molecule has 3 heteroatoms. The van der Waals surface area contributed by atoms with Crippen LogP contribution in [-0.2, 0) is 6.42 Å². The second-order valence-electron chi connectivity index (χ2n) is 5.39. The van der Waals surface area contributed by atoms with E-state index in [9.17, 15) is 0 Å². The highest BCUT2D eigenvalue weighted by Gasteiger charge is 2.11. The monoisotopic (exact) mass is 303 g/mol. The van der Waals surface area contributed by atoms with Crippen molar-refractivity contribution in [2.45, 2.75) is 39.7 Å². The van der Waals surface area contributed by atoms with Crippen LogP contribution in [0, 0.1) is 6.92 Å². The fraction of sp³-hybridized carbons (Fsp3) is 0.444. The molecule has 0 aliphatic heterocycles. The lowest BCUT2D eigenvalue weighted by Gasteiger charge is -2.18. The zero-order valence-electron chi connectivity index (χ0n) is 13.2. The molecule has 2 nitrogen and oxygen atoms in total. The Bertz CT molecular complexity index is 536. The summed E-state index contributed by atoms with van der Waals surface area (Å²) >= 11 is 1.79. The second-order valence-corrected chi connectivity index (χ2v) is 6.43. The van der Waals surface area contributed by atoms with Crippen LogP contribution in [0.2, 0.25) is 0 Å². The molecule has 0 bridgehead atoms. The summed E-state index contributed by atoms with van der Waals surface area (Å²) in [6, 6.07) is 11.1. The third-order valence-electron chi connectivity index (χ3n) is 3.52. The highest BCUT2D eigenvalue weighted by molar-refractivity contribution is 7.09. The first kappa shape index (κ1) is 16.1. The number of hydrogen-bond acceptors (Lipinski definition) is 3. The Labute approximate surface area is 132 Å². The maximum atomic E-state index is 6.06. The summed E-state index contributed by atoms with van der Waals surface area (Å²) in [7, 11) is 0. The number of aryl methyl sites for hydroxylation is 1. The average Bonchev–Trinajstić information content (AvgIpc) is 2.98. The van der Waals surface area contributed by atoms with Crippen molar-refractivity contribution in [3.63, 3.8) is 0 Å². The van der Waals surface area contributed by atoms with Crippen molar-refractivity contribution in [2.75, 3.05) is 13.2 Å². The molecule has 0 amide bonds. The molecule has 0 saturated heterocycles. The van der Waals surface area contributed by atoms with Gasteiger partial charge in [0, 0.05) is 22.9 Å². The number of thiophene rings is 1. The lowest BCUT2D eigenvalue weighted by atomic mass is 10.0. The van der Waals surface area contributed by atoms with Crippen molar-refractivity contribution < 1.29 is 4.74 Å². The van der Waals surface area contributed by atoms with E-state index in [-0.39, 0.29) is 0 Å². The Balaban J connectivity index is 2.00. The summed E-state index contributed by atoms with van der Waals surface area (Å²) in [4.78, 5) is 1.38. The van der Waals surface area contributed by atoms with Crippen molar-refractivity contribution in [3.05, 3.63) is 51.7 Å². The van der Waals surface area contributed by atoms with Gasteiger partial charge in [0.2, 0.25) is 0 Å². The van der Waals surface area contributed by atoms with Crippen molar-refractivity contribution in [3.8, 4) is 5.75 Å². The number of rotatable bonds is 8. The SMILES string of the molecule is CCCNC(C)c1ccc(C)cc1OCCc1cccs1. The molecule has 1 unspecified atom stereocenters. The van der Waals surface area contributed by atoms with Crippen LogP contribution in [0.3, 0.4) is 0 Å². The number of ether oxygens (including phenoxy) is 1. The van der Waals surface area contributed by atoms with Crippen LogP contribution in [0.25, 0.3) is 0 Å². The normalized spacial score (nSPS) is 12.3. The summed E-state index contributed by atoms with van der Waals surface area (Å²) < 4.78 is 6.06. The summed E-state index contributed by atoms with van der Waals surface area (Å²) in [5.74, 6) is 1.02. The quantitative estimate of drug-likeness (QED) is 0.760. The lowest BCUT2D eigenvalue weighted by molar-refractivity contribution is 0.316. The minimum Gasteiger partial charge on any atom is -0.493 e. The first-order valence-corrected chi connectivity index (χ1v) is 8.57. The third-order valence-corrected chi connectivity index (χ3v) is 4.46. The molecular formula is C18H25NOS. The topological polar surface area (TPSA) is 21.3 Å². The minimum atomic E-state index is 0.322. The van der Waals surface area contributed by atoms with Gasteiger partial charge in [-0.3, -0.25) is 0 Å². The predicted octanol–water partition coefficient (Wildman–Crippen LogP) is 4.74. The highest BCUT2D eigenvalue weighted by atomic mass is 32.1. The molecule has 0 aliphatic carbocycles. The Morgan fingerprint density at radius 2 is 2.14 bits per heavy atom. The second kappa shape index (κ2) is 8.20. The Morgan fingerprint density at radius 1 is 1.29 bits per heavy atom. The van der Waals surface area contributed by atoms with Gasteiger partial charge < -0.3 is 10.1 Å². The van der Waals surface area contributed by atoms with E-state index in [0.717, 1.165) is 31.7 Å². The highest BCUT2D eigenvalue weighted by Crippen LogP contribution is 2.26. The van der Waals surface area contributed by atoms with Crippen LogP contribution < -0.4 is 10.1 Å². The van der Waals surface area contributed by atoms with Gasteiger partial charge in [-0.1, -0.05) is 25.1 Å². The number of hydrogen-bond donors (Lipinski definition) is 1. The lowest BCUT2D eigenvalue weighted by Crippen LogP contribution is -2.20. The fourth-order valence-corrected chi connectivity index (χ4v) is 3.00. The van der Waals surface area contributed by atoms with Gasteiger partial charge in [0.05, 0.1) is 6.61 Å². The predicted molar refractivity (Wildman–Crippen MR) is 91.4 cm³/mol. The van der Waals surface area contributed by atoms with E-state index in [1.54, 1.807) is 11.3 Å². The van der Waals surface area contributed by atoms with Crippen LogP contribution >= 0.6 is 11.3 Å². The van der Waals surface area contributed by atoms with E-state index < -0.39 is 0 Å². The molecular weight excluding hydrogens is 278 g/mol. The van der Waals surface area contributed by atoms with E-state index in [2.05, 4.69) is 61.8 Å². The number of nitrogens with one attached hydrogen (secondary N) is 1. The van der Waals surface area contributed by atoms with E-state index in [1.807, 2.05) is 0 Å². The molecule has 1 heterocycles. The molecule has 1 atom stereocenters. The molecule has 0 aliphatic rings. The minimum absolute atomic E-state index is 0.322. The summed E-state index contributed by atoms with van der Waals surface area (Å²) in [6.45, 7) is 8.26. The largest absolute Gasteiger partial charge is 0.493 e. The van der Waals surface area contributed by atoms with Crippen LogP contribution in [0.1, 0.15) is 42.3 Å². The molecule has 1 N–H and O–H groups in total. The van der Waals surface area contributed by atoms with Gasteiger partial charge in [0.1, 0.15) is 5.75 Å². The Kier molecular flexibility index (Phi) is 6.27. The molecule has 114 valence electrons. The molecule has 1 aromatic heterocycles. The zero-order valence-corrected chi connectivity index (χ0v) is 14.0. The van der Waals surface area contributed by atoms with Gasteiger partial charge in [0.25, 0.3) is 0 Å². The molecule has 0 fully saturated rings. The fourth-order valence-electron chi connectivity index (χ4n) is 2.31. The zero-order chi connectivity index (χ0) is 15.1. The first-order valence-electron chi connectivity index (χ1n) is 7.69. The maximum Gasteiger partial charge on any atom is 0.124 e. The van der Waals surface area contributed by atoms with Crippen LogP contribution in [0.15, 0.2) is 35.7 Å². The summed E-state index contributed by atoms with van der Waals surface area (Å²) in [5.41, 5.74) is 2.49. The smallest absolute Gasteiger partial charge is 0.124 e. The van der Waals surface area contributed by atoms with E-state index in [0.29, 0.717) is 6.04 Å². The van der Waals surface area contributed by atoms with Gasteiger partial charge in [-0.15, -0.1) is 11.3 Å². The van der Waals surface area contributed by atoms with Crippen molar-refractivity contribution in [2.24, 2.45) is 0 Å². The molecule has 0 radical (unpaired) electrons. The molecule has 0 spiro atoms. The molecule has 2 aromatic rings. The van der Waals surface area contributed by atoms with Gasteiger partial charge in [-0.25, -0.2) is 0 Å². The van der Waals surface area contributed by atoms with E-state index in [1.165, 1.54) is 16.0 Å². The van der Waals surface area contributed by atoms with Crippen molar-refractivity contribution in [1.82, 2.24) is 5.32 Å². The third kappa shape index (κ3) is 4.87. The standard InChI is InChI=1S/C18H25NOS/c1-4-10-19-15(3)17-8-7-14(2)13-18(17)20-11-9-16-6-5-12-21-16/h5-8,12-13,15,19H,4,9-11H2,1-3H3. The van der Waals surface area contributed by atoms with Gasteiger partial charge in [0.15, 0.2) is 0 Å². The molecule has 21 heavy (non-hydrogen) atoms. The van der Waals surface area contributed by atoms with Crippen molar-refractivity contribution in [1.29, 1.82) is 0 Å². The Hall–Kier alpha value is -1.32. The van der Waals surface area contributed by atoms with Crippen LogP contribution in [0.4, 0.5) is 0 Å².